The molecule has 118 heavy (non-hydrogen) atoms. The normalized spacial score (nSPS) is 12.9. The van der Waals surface area contributed by atoms with Crippen molar-refractivity contribution < 1.29 is 32.4 Å². The number of nitrogens with one attached hydrogen (secondary N) is 6. The number of anilines is 8. The summed E-state index contributed by atoms with van der Waals surface area (Å²) in [7, 11) is 3.03. The molecule has 0 atom stereocenters. The lowest BCUT2D eigenvalue weighted by Gasteiger charge is -2.26. The number of fused-ring (bicyclic) bond motifs is 12. The standard InChI is InChI=1S/C22H22N6OS.C21H19N5O2S.C20H19N7O3S2.C20H19N5OS/c1-13-9-14(2)11-16(10-13)25-22-24-12-15-3-4-17-19(18(15)27-22)30-20(26-17)21(29)28-7-5-23-6-8-28;1-12(27)9-13-5-4-6-15(10-13)23-21-22-11-14-7-8-16-18(17(14)25-21)24-19(29-16)20(28)26(2)3;21-32(29,30)14-3-1-2-13(10-14)24-20-23-11-12-4-5-15-17(16(12)26-20)31-18(25-15)19(28)27-8-6-22-7-9-27;1-11-7-12(2)9-14(8-11)22-20-21-10-13-5-6-15-17(16(13)24-20)27-18(23-15)19(26)25(3)4/h3-4,9-12,23H,5-8H2,1-2H3,(H,24,25,27);4-8,10-11H,9H2,1-3H3,(H,22,23,25);1-5,10-11,22H,6-9H2,(H2,21,29,30)(H,23,24,26);5-10H,1-4H3,(H,21,22,24). The number of Topliss-reactive ketones (excluding diaryl/α,β-unsaturated/α-hetero) is 1. The Bertz CT molecular complexity index is 6700. The molecular formula is C83H79N23O7S5. The van der Waals surface area contributed by atoms with Crippen LogP contribution in [0.2, 0.25) is 0 Å². The minimum Gasteiger partial charge on any atom is -0.343 e. The van der Waals surface area contributed by atoms with Crippen molar-refractivity contribution in [3.8, 4) is 0 Å². The summed E-state index contributed by atoms with van der Waals surface area (Å²) in [4.78, 5) is 123. The third kappa shape index (κ3) is 18.6. The Morgan fingerprint density at radius 2 is 0.797 bits per heavy atom. The van der Waals surface area contributed by atoms with Crippen LogP contribution in [0.5, 0.6) is 0 Å². The number of hydrogen-bond donors (Lipinski definition) is 7. The summed E-state index contributed by atoms with van der Waals surface area (Å²) in [6, 6.07) is 41.5. The molecule has 8 aromatic carbocycles. The molecule has 18 rings (SSSR count). The average Bonchev–Trinajstić information content (AvgIpc) is 1.63. The van der Waals surface area contributed by atoms with E-state index in [1.165, 1.54) is 89.5 Å². The van der Waals surface area contributed by atoms with Gasteiger partial charge in [0.2, 0.25) is 33.8 Å². The number of aromatic nitrogens is 12. The zero-order valence-electron chi connectivity index (χ0n) is 65.5. The first-order chi connectivity index (χ1) is 56.7. The van der Waals surface area contributed by atoms with E-state index in [4.69, 9.17) is 15.1 Å². The summed E-state index contributed by atoms with van der Waals surface area (Å²) in [5, 5.41) is 29.9. The predicted molar refractivity (Wildman–Crippen MR) is 468 cm³/mol. The summed E-state index contributed by atoms with van der Waals surface area (Å²) in [5.74, 6) is 1.57. The van der Waals surface area contributed by atoms with Crippen molar-refractivity contribution in [2.45, 2.75) is 45.9 Å². The van der Waals surface area contributed by atoms with E-state index in [0.29, 0.717) is 104 Å². The molecule has 30 nitrogen and oxygen atoms in total. The Labute approximate surface area is 692 Å². The van der Waals surface area contributed by atoms with Gasteiger partial charge in [0.25, 0.3) is 23.6 Å². The molecule has 0 radical (unpaired) electrons. The topological polar surface area (TPSA) is 385 Å². The van der Waals surface area contributed by atoms with Gasteiger partial charge < -0.3 is 51.5 Å². The highest BCUT2D eigenvalue weighted by molar-refractivity contribution is 7.89. The van der Waals surface area contributed by atoms with Crippen molar-refractivity contribution in [1.82, 2.24) is 90.0 Å². The number of primary sulfonamides is 1. The van der Waals surface area contributed by atoms with Crippen LogP contribution in [0.1, 0.15) is 73.9 Å². The van der Waals surface area contributed by atoms with Crippen molar-refractivity contribution in [3.05, 3.63) is 206 Å². The van der Waals surface area contributed by atoms with Gasteiger partial charge in [-0.05, 0) is 166 Å². The maximum absolute atomic E-state index is 12.9. The van der Waals surface area contributed by atoms with Gasteiger partial charge in [0, 0.05) is 156 Å². The number of ketones is 1. The fraction of sp³-hybridized carbons (Fsp3) is 0.217. The second-order valence-electron chi connectivity index (χ2n) is 28.6. The Balaban J connectivity index is 0.000000123. The molecule has 2 aliphatic rings. The zero-order valence-corrected chi connectivity index (χ0v) is 69.6. The van der Waals surface area contributed by atoms with Crippen LogP contribution in [0.3, 0.4) is 0 Å². The first-order valence-corrected chi connectivity index (χ1v) is 42.2. The van der Waals surface area contributed by atoms with Crippen molar-refractivity contribution in [2.24, 2.45) is 5.14 Å². The molecule has 0 spiro atoms. The number of aryl methyl sites for hydroxylation is 4. The lowest BCUT2D eigenvalue weighted by Crippen LogP contribution is -2.46. The molecule has 2 saturated heterocycles. The van der Waals surface area contributed by atoms with Crippen LogP contribution in [0, 0.1) is 27.7 Å². The van der Waals surface area contributed by atoms with Crippen LogP contribution in [0.25, 0.3) is 84.5 Å². The lowest BCUT2D eigenvalue weighted by atomic mass is 10.1. The van der Waals surface area contributed by atoms with Crippen LogP contribution in [0.15, 0.2) is 163 Å². The smallest absolute Gasteiger partial charge is 0.282 e. The molecule has 8 N–H and O–H groups in total. The Kier molecular flexibility index (Phi) is 23.6. The Hall–Kier alpha value is -12.7. The van der Waals surface area contributed by atoms with E-state index >= 15 is 0 Å². The number of sulfonamides is 1. The summed E-state index contributed by atoms with van der Waals surface area (Å²) >= 11 is 5.43. The van der Waals surface area contributed by atoms with Gasteiger partial charge in [-0.2, -0.15) is 0 Å². The molecule has 16 aromatic rings. The highest BCUT2D eigenvalue weighted by atomic mass is 32.2. The predicted octanol–water partition coefficient (Wildman–Crippen LogP) is 13.4. The third-order valence-corrected chi connectivity index (χ3v) is 23.9. The van der Waals surface area contributed by atoms with E-state index in [9.17, 15) is 32.4 Å². The van der Waals surface area contributed by atoms with Crippen LogP contribution < -0.4 is 37.0 Å². The number of carbonyl (C=O) groups is 5. The van der Waals surface area contributed by atoms with Crippen molar-refractivity contribution in [3.63, 3.8) is 0 Å². The number of thiazole rings is 4. The molecule has 4 amide bonds. The molecule has 0 bridgehead atoms. The van der Waals surface area contributed by atoms with E-state index in [1.54, 1.807) is 70.7 Å². The quantitative estimate of drug-likeness (QED) is 0.0501. The van der Waals surface area contributed by atoms with Crippen LogP contribution >= 0.6 is 45.3 Å². The fourth-order valence-electron chi connectivity index (χ4n) is 13.3. The monoisotopic (exact) mass is 1670 g/mol. The van der Waals surface area contributed by atoms with Gasteiger partial charge in [0.15, 0.2) is 20.0 Å². The van der Waals surface area contributed by atoms with Gasteiger partial charge >= 0.3 is 0 Å². The summed E-state index contributed by atoms with van der Waals surface area (Å²) in [6.07, 6.45) is 7.39. The van der Waals surface area contributed by atoms with Gasteiger partial charge in [0.1, 0.15) is 16.8 Å². The molecule has 0 aliphatic carbocycles. The summed E-state index contributed by atoms with van der Waals surface area (Å²) in [6.45, 7) is 15.7. The highest BCUT2D eigenvalue weighted by Crippen LogP contribution is 2.36. The Morgan fingerprint density at radius 3 is 1.22 bits per heavy atom. The molecule has 0 unspecified atom stereocenters. The van der Waals surface area contributed by atoms with Crippen LogP contribution in [-0.4, -0.2) is 198 Å². The van der Waals surface area contributed by atoms with Gasteiger partial charge in [-0.15, -0.1) is 45.3 Å². The zero-order chi connectivity index (χ0) is 82.6. The Morgan fingerprint density at radius 1 is 0.424 bits per heavy atom. The fourth-order valence-corrected chi connectivity index (χ4v) is 18.0. The second-order valence-corrected chi connectivity index (χ2v) is 34.2. The molecule has 2 fully saturated rings. The molecule has 10 heterocycles. The molecule has 35 heteroatoms. The second kappa shape index (κ2) is 34.6. The minimum atomic E-state index is -3.82. The van der Waals surface area contributed by atoms with Crippen molar-refractivity contribution in [1.29, 1.82) is 0 Å². The minimum absolute atomic E-state index is 0.00603. The number of rotatable bonds is 15. The number of carbonyl (C=O) groups excluding carboxylic acids is 5. The third-order valence-electron chi connectivity index (χ3n) is 18.8. The molecule has 0 saturated carbocycles. The molecule has 8 aromatic heterocycles. The first-order valence-electron chi connectivity index (χ1n) is 37.4. The van der Waals surface area contributed by atoms with Gasteiger partial charge in [-0.3, -0.25) is 24.0 Å². The van der Waals surface area contributed by atoms with Gasteiger partial charge in [-0.1, -0.05) is 30.3 Å². The maximum atomic E-state index is 12.9. The average molecular weight is 1670 g/mol. The SMILES string of the molecule is CC(=O)Cc1cccc(Nc2ncc3ccc4sc(C(=O)N(C)C)nc4c3n2)c1.Cc1cc(C)cc(Nc2ncc3ccc4nc(C(=O)N(C)C)sc4c3n2)c1.Cc1cc(C)cc(Nc2ncc3ccc4nc(C(=O)N5CCNCC5)sc4c3n2)c1.NS(=O)(=O)c1cccc(Nc2ncc3ccc4nc(C(=O)N5CCNCC5)sc4c3n2)c1. The molecular weight excluding hydrogens is 1590 g/mol. The largest absolute Gasteiger partial charge is 0.343 e. The number of nitrogens with zero attached hydrogens (tertiary/aromatic N) is 16. The van der Waals surface area contributed by atoms with Crippen molar-refractivity contribution in [2.75, 3.05) is 102 Å². The van der Waals surface area contributed by atoms with E-state index in [1.807, 2.05) is 83.9 Å². The van der Waals surface area contributed by atoms with Crippen molar-refractivity contribution >= 4 is 216 Å². The first kappa shape index (κ1) is 80.4. The summed E-state index contributed by atoms with van der Waals surface area (Å²) in [5.41, 5.74) is 14.7. The van der Waals surface area contributed by atoms with E-state index in [0.717, 1.165) is 111 Å². The van der Waals surface area contributed by atoms with E-state index in [-0.39, 0.29) is 34.3 Å². The maximum Gasteiger partial charge on any atom is 0.282 e. The van der Waals surface area contributed by atoms with Gasteiger partial charge in [-0.25, -0.2) is 73.4 Å². The number of amides is 4. The summed E-state index contributed by atoms with van der Waals surface area (Å²) < 4.78 is 26.7. The van der Waals surface area contributed by atoms with E-state index in [2.05, 4.69) is 146 Å². The number of piperazine rings is 2. The number of benzene rings is 8. The molecule has 2 aliphatic heterocycles. The van der Waals surface area contributed by atoms with Crippen LogP contribution in [-0.2, 0) is 21.2 Å². The van der Waals surface area contributed by atoms with Gasteiger partial charge in [0.05, 0.1) is 56.8 Å². The van der Waals surface area contributed by atoms with E-state index < -0.39 is 10.0 Å². The molecule has 598 valence electrons. The lowest BCUT2D eigenvalue weighted by molar-refractivity contribution is -0.116. The van der Waals surface area contributed by atoms with Crippen LogP contribution in [0.4, 0.5) is 46.5 Å². The number of nitrogens with two attached hydrogens (primary N) is 1. The highest BCUT2D eigenvalue weighted by Gasteiger charge is 2.26. The number of hydrogen-bond acceptors (Lipinski definition) is 29.